The monoisotopic (exact) mass is 303 g/mol. The normalized spacial score (nSPS) is 11.8. The minimum absolute atomic E-state index is 0.348. The molecule has 0 aliphatic heterocycles. The molecular formula is C17H21NO2S. The Morgan fingerprint density at radius 3 is 2.10 bits per heavy atom. The fraction of sp³-hybridized carbons (Fsp3) is 0.294. The lowest BCUT2D eigenvalue weighted by Crippen LogP contribution is -2.26. The molecule has 0 unspecified atom stereocenters. The quantitative estimate of drug-likeness (QED) is 0.819. The summed E-state index contributed by atoms with van der Waals surface area (Å²) in [5.74, 6) is 0. The van der Waals surface area contributed by atoms with Gasteiger partial charge in [-0.3, -0.25) is 0 Å². The molecule has 0 aromatic heterocycles. The van der Waals surface area contributed by atoms with Crippen molar-refractivity contribution in [3.8, 4) is 0 Å². The number of nitrogens with zero attached hydrogens (tertiary/aromatic N) is 1. The number of hydrogen-bond acceptors (Lipinski definition) is 2. The van der Waals surface area contributed by atoms with Crippen LogP contribution in [-0.2, 0) is 23.0 Å². The minimum Gasteiger partial charge on any atom is -0.207 e. The summed E-state index contributed by atoms with van der Waals surface area (Å²) in [6.45, 7) is 2.48. The fourth-order valence-corrected chi connectivity index (χ4v) is 3.38. The number of hydrogen-bond donors (Lipinski definition) is 0. The van der Waals surface area contributed by atoms with Crippen molar-refractivity contribution in [1.82, 2.24) is 4.31 Å². The lowest BCUT2D eigenvalue weighted by Gasteiger charge is -2.17. The molecule has 0 radical (unpaired) electrons. The minimum atomic E-state index is -3.44. The molecule has 0 saturated carbocycles. The summed E-state index contributed by atoms with van der Waals surface area (Å²) in [5.41, 5.74) is 2.15. The van der Waals surface area contributed by atoms with Crippen molar-refractivity contribution in [2.75, 3.05) is 7.05 Å². The van der Waals surface area contributed by atoms with Crippen molar-refractivity contribution < 1.29 is 8.42 Å². The molecule has 0 N–H and O–H groups in total. The highest BCUT2D eigenvalue weighted by atomic mass is 32.2. The van der Waals surface area contributed by atoms with Crippen LogP contribution >= 0.6 is 0 Å². The second-order valence-electron chi connectivity index (χ2n) is 5.14. The maximum atomic E-state index is 12.5. The molecule has 21 heavy (non-hydrogen) atoms. The van der Waals surface area contributed by atoms with Crippen LogP contribution < -0.4 is 0 Å². The van der Waals surface area contributed by atoms with Gasteiger partial charge in [0.25, 0.3) is 0 Å². The zero-order chi connectivity index (χ0) is 15.3. The van der Waals surface area contributed by atoms with Crippen LogP contribution in [0, 0.1) is 0 Å². The molecule has 0 aliphatic carbocycles. The highest BCUT2D eigenvalue weighted by Gasteiger charge is 2.20. The number of aryl methyl sites for hydroxylation is 1. The first-order valence-corrected chi connectivity index (χ1v) is 8.57. The van der Waals surface area contributed by atoms with Gasteiger partial charge in [-0.15, -0.1) is 0 Å². The summed E-state index contributed by atoms with van der Waals surface area (Å²) < 4.78 is 26.4. The van der Waals surface area contributed by atoms with E-state index in [1.54, 1.807) is 19.2 Å². The van der Waals surface area contributed by atoms with E-state index in [-0.39, 0.29) is 0 Å². The van der Waals surface area contributed by atoms with Crippen LogP contribution in [0.3, 0.4) is 0 Å². The van der Waals surface area contributed by atoms with Gasteiger partial charge in [0.15, 0.2) is 0 Å². The van der Waals surface area contributed by atoms with Crippen molar-refractivity contribution >= 4 is 10.0 Å². The molecule has 0 spiro atoms. The summed E-state index contributed by atoms with van der Waals surface area (Å²) in [6, 6.07) is 16.8. The van der Waals surface area contributed by atoms with Crippen LogP contribution in [0.15, 0.2) is 59.5 Å². The van der Waals surface area contributed by atoms with Crippen LogP contribution in [0.1, 0.15) is 24.5 Å². The highest BCUT2D eigenvalue weighted by molar-refractivity contribution is 7.89. The molecule has 2 aromatic carbocycles. The average Bonchev–Trinajstić information content (AvgIpc) is 2.49. The van der Waals surface area contributed by atoms with E-state index in [0.29, 0.717) is 11.4 Å². The fourth-order valence-electron chi connectivity index (χ4n) is 2.22. The van der Waals surface area contributed by atoms with E-state index in [1.165, 1.54) is 9.87 Å². The van der Waals surface area contributed by atoms with Gasteiger partial charge >= 0.3 is 0 Å². The lowest BCUT2D eigenvalue weighted by atomic mass is 10.1. The van der Waals surface area contributed by atoms with Gasteiger partial charge in [-0.05, 0) is 29.7 Å². The second-order valence-corrected chi connectivity index (χ2v) is 7.19. The first kappa shape index (κ1) is 15.7. The third kappa shape index (κ3) is 3.93. The molecule has 0 heterocycles. The molecule has 112 valence electrons. The van der Waals surface area contributed by atoms with E-state index >= 15 is 0 Å². The second kappa shape index (κ2) is 6.87. The van der Waals surface area contributed by atoms with Crippen LogP contribution in [0.4, 0.5) is 0 Å². The highest BCUT2D eigenvalue weighted by Crippen LogP contribution is 2.18. The van der Waals surface area contributed by atoms with Crippen molar-refractivity contribution in [2.45, 2.75) is 31.2 Å². The molecular weight excluding hydrogens is 282 g/mol. The first-order valence-electron chi connectivity index (χ1n) is 7.13. The maximum absolute atomic E-state index is 12.5. The zero-order valence-corrected chi connectivity index (χ0v) is 13.3. The van der Waals surface area contributed by atoms with Gasteiger partial charge in [-0.1, -0.05) is 55.8 Å². The number of rotatable bonds is 6. The van der Waals surface area contributed by atoms with Crippen LogP contribution in [0.25, 0.3) is 0 Å². The summed E-state index contributed by atoms with van der Waals surface area (Å²) in [4.78, 5) is 0.348. The third-order valence-corrected chi connectivity index (χ3v) is 5.24. The molecule has 2 aromatic rings. The molecule has 0 fully saturated rings. The third-order valence-electron chi connectivity index (χ3n) is 3.42. The van der Waals surface area contributed by atoms with E-state index in [9.17, 15) is 8.42 Å². The smallest absolute Gasteiger partial charge is 0.207 e. The summed E-state index contributed by atoms with van der Waals surface area (Å²) in [5, 5.41) is 0. The van der Waals surface area contributed by atoms with Gasteiger partial charge in [0.05, 0.1) is 4.90 Å². The van der Waals surface area contributed by atoms with Crippen LogP contribution in [0.5, 0.6) is 0 Å². The van der Waals surface area contributed by atoms with Gasteiger partial charge in [-0.2, -0.15) is 4.31 Å². The maximum Gasteiger partial charge on any atom is 0.243 e. The Labute approximate surface area is 127 Å². The van der Waals surface area contributed by atoms with Gasteiger partial charge in [0, 0.05) is 13.6 Å². The van der Waals surface area contributed by atoms with Crippen molar-refractivity contribution in [3.05, 3.63) is 65.7 Å². The van der Waals surface area contributed by atoms with Gasteiger partial charge < -0.3 is 0 Å². The van der Waals surface area contributed by atoms with Crippen molar-refractivity contribution in [3.63, 3.8) is 0 Å². The molecule has 0 saturated heterocycles. The number of sulfonamides is 1. The Hall–Kier alpha value is -1.65. The van der Waals surface area contributed by atoms with Crippen molar-refractivity contribution in [1.29, 1.82) is 0 Å². The molecule has 0 atom stereocenters. The zero-order valence-electron chi connectivity index (χ0n) is 12.5. The Kier molecular flexibility index (Phi) is 5.15. The molecule has 3 nitrogen and oxygen atoms in total. The molecule has 4 heteroatoms. The largest absolute Gasteiger partial charge is 0.243 e. The van der Waals surface area contributed by atoms with E-state index in [4.69, 9.17) is 0 Å². The predicted octanol–water partition coefficient (Wildman–Crippen LogP) is 3.46. The standard InChI is InChI=1S/C17H21NO2S/c1-3-7-15-10-12-17(13-11-15)21(19,20)18(2)14-16-8-5-4-6-9-16/h4-6,8-13H,3,7,14H2,1-2H3. The average molecular weight is 303 g/mol. The Morgan fingerprint density at radius 1 is 0.905 bits per heavy atom. The van der Waals surface area contributed by atoms with E-state index in [2.05, 4.69) is 6.92 Å². The molecule has 2 rings (SSSR count). The van der Waals surface area contributed by atoms with Crippen LogP contribution in [-0.4, -0.2) is 19.8 Å². The molecule has 0 aliphatic rings. The SMILES string of the molecule is CCCc1ccc(S(=O)(=O)N(C)Cc2ccccc2)cc1. The molecule has 0 bridgehead atoms. The van der Waals surface area contributed by atoms with E-state index in [1.807, 2.05) is 42.5 Å². The molecule has 0 amide bonds. The first-order chi connectivity index (χ1) is 10.0. The van der Waals surface area contributed by atoms with E-state index < -0.39 is 10.0 Å². The summed E-state index contributed by atoms with van der Waals surface area (Å²) >= 11 is 0. The lowest BCUT2D eigenvalue weighted by molar-refractivity contribution is 0.466. The van der Waals surface area contributed by atoms with Gasteiger partial charge in [-0.25, -0.2) is 8.42 Å². The summed E-state index contributed by atoms with van der Waals surface area (Å²) in [7, 11) is -1.82. The van der Waals surface area contributed by atoms with Gasteiger partial charge in [0.1, 0.15) is 0 Å². The number of benzene rings is 2. The summed E-state index contributed by atoms with van der Waals surface area (Å²) in [6.07, 6.45) is 2.03. The van der Waals surface area contributed by atoms with Gasteiger partial charge in [0.2, 0.25) is 10.0 Å². The Bertz CT molecular complexity index is 664. The topological polar surface area (TPSA) is 37.4 Å². The van der Waals surface area contributed by atoms with Crippen LogP contribution in [0.2, 0.25) is 0 Å². The Balaban J connectivity index is 2.16. The van der Waals surface area contributed by atoms with Crippen molar-refractivity contribution in [2.24, 2.45) is 0 Å². The Morgan fingerprint density at radius 2 is 1.52 bits per heavy atom. The van der Waals surface area contributed by atoms with E-state index in [0.717, 1.165) is 18.4 Å². The predicted molar refractivity (Wildman–Crippen MR) is 85.5 cm³/mol.